The Balaban J connectivity index is 1.79. The third-order valence-corrected chi connectivity index (χ3v) is 6.21. The minimum atomic E-state index is -1.04. The molecule has 0 spiro atoms. The number of furan rings is 1. The molecule has 0 fully saturated rings. The molecule has 4 rings (SSSR count). The number of carbonyl (C=O) groups excluding carboxylic acids is 2. The summed E-state index contributed by atoms with van der Waals surface area (Å²) in [4.78, 5) is 29.0. The van der Waals surface area contributed by atoms with Gasteiger partial charge in [-0.05, 0) is 75.7 Å². The SMILES string of the molecule is CCC(C)(C)NC(=O)[C@H](c1ccc(C)o1)N(C(=O)Cn1nnc2ccccc21)c1ccc(Cl)cc1. The largest absolute Gasteiger partial charge is 0.464 e. The third-order valence-electron chi connectivity index (χ3n) is 5.96. The van der Waals surface area contributed by atoms with Gasteiger partial charge in [-0.3, -0.25) is 14.5 Å². The number of nitrogens with zero attached hydrogens (tertiary/aromatic N) is 4. The number of anilines is 1. The van der Waals surface area contributed by atoms with Gasteiger partial charge in [-0.1, -0.05) is 35.9 Å². The number of carbonyl (C=O) groups is 2. The van der Waals surface area contributed by atoms with Crippen molar-refractivity contribution < 1.29 is 14.0 Å². The third kappa shape index (κ3) is 5.38. The van der Waals surface area contributed by atoms with Crippen LogP contribution in [0.1, 0.15) is 44.8 Å². The standard InChI is InChI=1S/C26H28ClN5O3/c1-5-26(3,4)28-25(34)24(22-15-10-17(2)35-22)32(19-13-11-18(27)12-14-19)23(33)16-31-21-9-7-6-8-20(21)29-30-31/h6-15,24H,5,16H2,1-4H3,(H,28,34)/t24-/m0/s1. The molecule has 1 atom stereocenters. The number of amides is 2. The van der Waals surface area contributed by atoms with Crippen LogP contribution in [0.5, 0.6) is 0 Å². The molecule has 9 heteroatoms. The first kappa shape index (κ1) is 24.5. The number of hydrogen-bond donors (Lipinski definition) is 1. The summed E-state index contributed by atoms with van der Waals surface area (Å²) < 4.78 is 7.41. The van der Waals surface area contributed by atoms with E-state index in [0.717, 1.165) is 5.52 Å². The van der Waals surface area contributed by atoms with Gasteiger partial charge < -0.3 is 9.73 Å². The Bertz CT molecular complexity index is 1340. The molecule has 0 unspecified atom stereocenters. The maximum absolute atomic E-state index is 13.9. The van der Waals surface area contributed by atoms with E-state index in [1.807, 2.05) is 45.0 Å². The highest BCUT2D eigenvalue weighted by molar-refractivity contribution is 6.30. The molecule has 0 saturated heterocycles. The molecule has 0 aliphatic carbocycles. The molecule has 2 amide bonds. The van der Waals surface area contributed by atoms with Crippen molar-refractivity contribution >= 4 is 40.1 Å². The average molecular weight is 494 g/mol. The highest BCUT2D eigenvalue weighted by Gasteiger charge is 2.37. The summed E-state index contributed by atoms with van der Waals surface area (Å²) >= 11 is 6.12. The second-order valence-corrected chi connectivity index (χ2v) is 9.49. The number of hydrogen-bond acceptors (Lipinski definition) is 5. The van der Waals surface area contributed by atoms with E-state index in [-0.39, 0.29) is 18.4 Å². The van der Waals surface area contributed by atoms with Gasteiger partial charge in [0.25, 0.3) is 5.91 Å². The van der Waals surface area contributed by atoms with E-state index in [0.29, 0.717) is 34.2 Å². The summed E-state index contributed by atoms with van der Waals surface area (Å²) in [6, 6.07) is 16.6. The number of fused-ring (bicyclic) bond motifs is 1. The fourth-order valence-electron chi connectivity index (χ4n) is 3.74. The summed E-state index contributed by atoms with van der Waals surface area (Å²) in [6.45, 7) is 7.54. The first-order valence-electron chi connectivity index (χ1n) is 11.4. The van der Waals surface area contributed by atoms with Crippen LogP contribution in [0.15, 0.2) is 65.1 Å². The molecule has 0 bridgehead atoms. The Kier molecular flexibility index (Phi) is 6.93. The Hall–Kier alpha value is -3.65. The van der Waals surface area contributed by atoms with Crippen LogP contribution in [0.25, 0.3) is 11.0 Å². The number of rotatable bonds is 8. The molecule has 182 valence electrons. The van der Waals surface area contributed by atoms with Crippen LogP contribution in [-0.4, -0.2) is 32.3 Å². The zero-order chi connectivity index (χ0) is 25.2. The van der Waals surface area contributed by atoms with Crippen LogP contribution >= 0.6 is 11.6 Å². The number of benzene rings is 2. The first-order valence-corrected chi connectivity index (χ1v) is 11.8. The Morgan fingerprint density at radius 1 is 1.11 bits per heavy atom. The normalized spacial score (nSPS) is 12.5. The van der Waals surface area contributed by atoms with E-state index in [1.54, 1.807) is 43.3 Å². The molecular weight excluding hydrogens is 466 g/mol. The van der Waals surface area contributed by atoms with Crippen LogP contribution in [-0.2, 0) is 16.1 Å². The zero-order valence-corrected chi connectivity index (χ0v) is 20.9. The molecule has 0 saturated carbocycles. The van der Waals surface area contributed by atoms with Crippen molar-refractivity contribution in [3.05, 3.63) is 77.2 Å². The second-order valence-electron chi connectivity index (χ2n) is 9.05. The minimum absolute atomic E-state index is 0.121. The van der Waals surface area contributed by atoms with Crippen LogP contribution < -0.4 is 10.2 Å². The van der Waals surface area contributed by atoms with Crippen LogP contribution in [0, 0.1) is 6.92 Å². The number of aryl methyl sites for hydroxylation is 1. The Labute approximate surface area is 208 Å². The van der Waals surface area contributed by atoms with Gasteiger partial charge in [-0.15, -0.1) is 5.10 Å². The van der Waals surface area contributed by atoms with E-state index in [1.165, 1.54) is 9.58 Å². The Morgan fingerprint density at radius 2 is 1.83 bits per heavy atom. The highest BCUT2D eigenvalue weighted by Crippen LogP contribution is 2.31. The van der Waals surface area contributed by atoms with Crippen molar-refractivity contribution in [1.82, 2.24) is 20.3 Å². The lowest BCUT2D eigenvalue weighted by Gasteiger charge is -2.33. The average Bonchev–Trinajstić information content (AvgIpc) is 3.44. The van der Waals surface area contributed by atoms with Crippen LogP contribution in [0.3, 0.4) is 0 Å². The molecule has 1 N–H and O–H groups in total. The van der Waals surface area contributed by atoms with Gasteiger partial charge in [0.05, 0.1) is 5.52 Å². The van der Waals surface area contributed by atoms with Gasteiger partial charge in [0.2, 0.25) is 5.91 Å². The van der Waals surface area contributed by atoms with Gasteiger partial charge in [-0.25, -0.2) is 4.68 Å². The summed E-state index contributed by atoms with van der Waals surface area (Å²) in [5.74, 6) is 0.293. The van der Waals surface area contributed by atoms with E-state index >= 15 is 0 Å². The number of para-hydroxylation sites is 1. The molecule has 0 radical (unpaired) electrons. The minimum Gasteiger partial charge on any atom is -0.464 e. The zero-order valence-electron chi connectivity index (χ0n) is 20.2. The predicted molar refractivity (Wildman–Crippen MR) is 135 cm³/mol. The van der Waals surface area contributed by atoms with Crippen molar-refractivity contribution in [3.63, 3.8) is 0 Å². The molecule has 4 aromatic rings. The topological polar surface area (TPSA) is 93.3 Å². The quantitative estimate of drug-likeness (QED) is 0.370. The van der Waals surface area contributed by atoms with Gasteiger partial charge in [0, 0.05) is 16.2 Å². The maximum Gasteiger partial charge on any atom is 0.251 e. The lowest BCUT2D eigenvalue weighted by molar-refractivity contribution is -0.128. The summed E-state index contributed by atoms with van der Waals surface area (Å²) in [5.41, 5.74) is 1.43. The van der Waals surface area contributed by atoms with Crippen molar-refractivity contribution in [2.75, 3.05) is 4.90 Å². The number of halogens is 1. The van der Waals surface area contributed by atoms with Crippen LogP contribution in [0.4, 0.5) is 5.69 Å². The molecule has 35 heavy (non-hydrogen) atoms. The maximum atomic E-state index is 13.9. The van der Waals surface area contributed by atoms with E-state index in [4.69, 9.17) is 16.0 Å². The summed E-state index contributed by atoms with van der Waals surface area (Å²) in [7, 11) is 0. The molecular formula is C26H28ClN5O3. The van der Waals surface area contributed by atoms with Crippen molar-refractivity contribution in [2.24, 2.45) is 0 Å². The van der Waals surface area contributed by atoms with Crippen LogP contribution in [0.2, 0.25) is 5.02 Å². The molecule has 0 aliphatic rings. The molecule has 2 aromatic carbocycles. The fraction of sp³-hybridized carbons (Fsp3) is 0.308. The predicted octanol–water partition coefficient (Wildman–Crippen LogP) is 5.07. The Morgan fingerprint density at radius 3 is 2.49 bits per heavy atom. The van der Waals surface area contributed by atoms with E-state index in [9.17, 15) is 9.59 Å². The highest BCUT2D eigenvalue weighted by atomic mass is 35.5. The van der Waals surface area contributed by atoms with Crippen molar-refractivity contribution in [1.29, 1.82) is 0 Å². The van der Waals surface area contributed by atoms with E-state index < -0.39 is 11.6 Å². The molecule has 8 nitrogen and oxygen atoms in total. The monoisotopic (exact) mass is 493 g/mol. The lowest BCUT2D eigenvalue weighted by atomic mass is 10.0. The summed E-state index contributed by atoms with van der Waals surface area (Å²) in [5, 5.41) is 11.9. The van der Waals surface area contributed by atoms with Gasteiger partial charge in [0.15, 0.2) is 6.04 Å². The number of nitrogens with one attached hydrogen (secondary N) is 1. The van der Waals surface area contributed by atoms with Crippen molar-refractivity contribution in [2.45, 2.75) is 52.2 Å². The summed E-state index contributed by atoms with van der Waals surface area (Å²) in [6.07, 6.45) is 0.711. The molecule has 0 aliphatic heterocycles. The number of aromatic nitrogens is 3. The first-order chi connectivity index (χ1) is 16.7. The van der Waals surface area contributed by atoms with Gasteiger partial charge in [0.1, 0.15) is 23.6 Å². The fourth-order valence-corrected chi connectivity index (χ4v) is 3.87. The second kappa shape index (κ2) is 9.92. The van der Waals surface area contributed by atoms with Crippen molar-refractivity contribution in [3.8, 4) is 0 Å². The van der Waals surface area contributed by atoms with Gasteiger partial charge >= 0.3 is 0 Å². The molecule has 2 aromatic heterocycles. The smallest absolute Gasteiger partial charge is 0.251 e. The van der Waals surface area contributed by atoms with E-state index in [2.05, 4.69) is 15.6 Å². The van der Waals surface area contributed by atoms with Gasteiger partial charge in [-0.2, -0.15) is 0 Å². The molecule has 2 heterocycles. The lowest BCUT2D eigenvalue weighted by Crippen LogP contribution is -2.51.